The maximum atomic E-state index is 12.7. The van der Waals surface area contributed by atoms with E-state index < -0.39 is 17.8 Å². The van der Waals surface area contributed by atoms with Crippen molar-refractivity contribution < 1.29 is 14.7 Å². The lowest BCUT2D eigenvalue weighted by atomic mass is 9.82. The molecular weight excluding hydrogens is 336 g/mol. The average Bonchev–Trinajstić information content (AvgIpc) is 3.27. The van der Waals surface area contributed by atoms with Crippen LogP contribution in [0.1, 0.15) is 31.2 Å². The van der Waals surface area contributed by atoms with Crippen molar-refractivity contribution in [1.82, 2.24) is 4.98 Å². The molecule has 4 rings (SSSR count). The van der Waals surface area contributed by atoms with Crippen LogP contribution in [0.2, 0.25) is 0 Å². The number of rotatable bonds is 4. The average molecular weight is 356 g/mol. The molecule has 0 saturated heterocycles. The van der Waals surface area contributed by atoms with E-state index in [4.69, 9.17) is 0 Å². The molecule has 0 aliphatic heterocycles. The fourth-order valence-corrected chi connectivity index (χ4v) is 5.02. The monoisotopic (exact) mass is 356 g/mol. The van der Waals surface area contributed by atoms with Crippen LogP contribution in [-0.2, 0) is 9.59 Å². The first-order valence-corrected chi connectivity index (χ1v) is 9.38. The highest BCUT2D eigenvalue weighted by Gasteiger charge is 2.51. The Kier molecular flexibility index (Phi) is 3.87. The zero-order valence-electron chi connectivity index (χ0n) is 14.1. The second-order valence-corrected chi connectivity index (χ2v) is 8.28. The Morgan fingerprint density at radius 3 is 2.64 bits per heavy atom. The second kappa shape index (κ2) is 5.95. The maximum Gasteiger partial charge on any atom is 0.307 e. The van der Waals surface area contributed by atoms with E-state index in [1.54, 1.807) is 11.3 Å². The molecule has 1 saturated carbocycles. The number of aromatic nitrogens is 1. The first-order valence-electron chi connectivity index (χ1n) is 8.56. The van der Waals surface area contributed by atoms with Crippen molar-refractivity contribution in [1.29, 1.82) is 0 Å². The van der Waals surface area contributed by atoms with Gasteiger partial charge in [-0.15, -0.1) is 11.3 Å². The highest BCUT2D eigenvalue weighted by molar-refractivity contribution is 7.18. The molecule has 1 heterocycles. The number of fused-ring (bicyclic) bond motifs is 3. The van der Waals surface area contributed by atoms with Crippen molar-refractivity contribution in [3.8, 4) is 0 Å². The van der Waals surface area contributed by atoms with Gasteiger partial charge in [-0.1, -0.05) is 26.0 Å². The molecule has 2 aromatic rings. The fraction of sp³-hybridized carbons (Fsp3) is 0.421. The summed E-state index contributed by atoms with van der Waals surface area (Å²) in [7, 11) is 0. The fourth-order valence-electron chi connectivity index (χ4n) is 4.01. The molecule has 1 aromatic heterocycles. The van der Waals surface area contributed by atoms with Crippen LogP contribution in [0.15, 0.2) is 30.4 Å². The third-order valence-electron chi connectivity index (χ3n) is 5.21. The van der Waals surface area contributed by atoms with Crippen LogP contribution < -0.4 is 5.32 Å². The number of nitrogens with zero attached hydrogens (tertiary/aromatic N) is 1. The van der Waals surface area contributed by atoms with Gasteiger partial charge in [-0.3, -0.25) is 9.59 Å². The predicted molar refractivity (Wildman–Crippen MR) is 97.7 cm³/mol. The lowest BCUT2D eigenvalue weighted by Crippen LogP contribution is -2.36. The molecule has 6 heteroatoms. The Labute approximate surface area is 149 Å². The van der Waals surface area contributed by atoms with Gasteiger partial charge in [0.1, 0.15) is 0 Å². The van der Waals surface area contributed by atoms with Crippen molar-refractivity contribution in [2.75, 3.05) is 5.32 Å². The van der Waals surface area contributed by atoms with E-state index in [0.717, 1.165) is 21.6 Å². The number of hydrogen-bond acceptors (Lipinski definition) is 4. The van der Waals surface area contributed by atoms with Gasteiger partial charge in [-0.2, -0.15) is 0 Å². The topological polar surface area (TPSA) is 79.3 Å². The number of carboxylic acids is 1. The van der Waals surface area contributed by atoms with E-state index in [1.165, 1.54) is 0 Å². The van der Waals surface area contributed by atoms with Gasteiger partial charge in [-0.25, -0.2) is 4.98 Å². The number of amides is 1. The second-order valence-electron chi connectivity index (χ2n) is 7.22. The molecule has 1 fully saturated rings. The minimum absolute atomic E-state index is 0.0178. The molecule has 2 N–H and O–H groups in total. The van der Waals surface area contributed by atoms with Gasteiger partial charge >= 0.3 is 5.97 Å². The number of carboxylic acid groups (broad SMARTS) is 1. The minimum Gasteiger partial charge on any atom is -0.481 e. The summed E-state index contributed by atoms with van der Waals surface area (Å²) in [6.07, 6.45) is 4.71. The Morgan fingerprint density at radius 2 is 1.96 bits per heavy atom. The number of allylic oxidation sites excluding steroid dienone is 2. The highest BCUT2D eigenvalue weighted by Crippen LogP contribution is 2.48. The summed E-state index contributed by atoms with van der Waals surface area (Å²) in [5.41, 5.74) is 1.63. The Balaban J connectivity index is 1.57. The highest BCUT2D eigenvalue weighted by atomic mass is 32.1. The SMILES string of the molecule is CC(C)c1nc2ccc(NC(=O)[C@@H]3[C@@H](C(=O)O)[C@H]4C=C[C@H]3C4)cc2s1. The lowest BCUT2D eigenvalue weighted by Gasteiger charge is -2.23. The lowest BCUT2D eigenvalue weighted by molar-refractivity contribution is -0.146. The summed E-state index contributed by atoms with van der Waals surface area (Å²) >= 11 is 1.63. The largest absolute Gasteiger partial charge is 0.481 e. The van der Waals surface area contributed by atoms with Gasteiger partial charge in [0.15, 0.2) is 0 Å². The summed E-state index contributed by atoms with van der Waals surface area (Å²) in [5.74, 6) is -1.80. The summed E-state index contributed by atoms with van der Waals surface area (Å²) in [6, 6.07) is 5.67. The first kappa shape index (κ1) is 16.3. The van der Waals surface area contributed by atoms with E-state index in [9.17, 15) is 14.7 Å². The van der Waals surface area contributed by atoms with E-state index in [2.05, 4.69) is 24.1 Å². The molecule has 4 atom stereocenters. The van der Waals surface area contributed by atoms with Crippen molar-refractivity contribution in [3.05, 3.63) is 35.4 Å². The van der Waals surface area contributed by atoms with Gasteiger partial charge in [0.25, 0.3) is 0 Å². The van der Waals surface area contributed by atoms with E-state index >= 15 is 0 Å². The summed E-state index contributed by atoms with van der Waals surface area (Å²) in [5, 5.41) is 13.5. The Bertz CT molecular complexity index is 886. The summed E-state index contributed by atoms with van der Waals surface area (Å²) in [6.45, 7) is 4.21. The van der Waals surface area contributed by atoms with Crippen LogP contribution in [0.5, 0.6) is 0 Å². The van der Waals surface area contributed by atoms with Gasteiger partial charge < -0.3 is 10.4 Å². The molecule has 0 unspecified atom stereocenters. The molecule has 2 bridgehead atoms. The number of aliphatic carboxylic acids is 1. The molecule has 5 nitrogen and oxygen atoms in total. The van der Waals surface area contributed by atoms with Gasteiger partial charge in [0, 0.05) is 11.6 Å². The smallest absolute Gasteiger partial charge is 0.307 e. The molecule has 2 aliphatic rings. The van der Waals surface area contributed by atoms with Crippen LogP contribution in [0.3, 0.4) is 0 Å². The standard InChI is InChI=1S/C19H20N2O3S/c1-9(2)18-21-13-6-5-12(8-14(13)25-18)20-17(22)15-10-3-4-11(7-10)16(15)19(23)24/h3-6,8-11,15-16H,7H2,1-2H3,(H,20,22)(H,23,24)/t10-,11-,15-,16-/m0/s1. The van der Waals surface area contributed by atoms with Crippen molar-refractivity contribution in [3.63, 3.8) is 0 Å². The van der Waals surface area contributed by atoms with Crippen LogP contribution in [0, 0.1) is 23.7 Å². The normalized spacial score (nSPS) is 27.3. The maximum absolute atomic E-state index is 12.7. The molecule has 0 radical (unpaired) electrons. The number of hydrogen-bond donors (Lipinski definition) is 2. The number of benzene rings is 1. The van der Waals surface area contributed by atoms with Crippen LogP contribution >= 0.6 is 11.3 Å². The summed E-state index contributed by atoms with van der Waals surface area (Å²) < 4.78 is 1.03. The van der Waals surface area contributed by atoms with Gasteiger partial charge in [-0.05, 0) is 36.5 Å². The molecule has 130 valence electrons. The molecule has 1 aromatic carbocycles. The third-order valence-corrected chi connectivity index (χ3v) is 6.53. The van der Waals surface area contributed by atoms with E-state index in [0.29, 0.717) is 11.6 Å². The number of thiazole rings is 1. The molecule has 0 spiro atoms. The quantitative estimate of drug-likeness (QED) is 0.815. The molecular formula is C19H20N2O3S. The van der Waals surface area contributed by atoms with Gasteiger partial charge in [0.2, 0.25) is 5.91 Å². The zero-order valence-corrected chi connectivity index (χ0v) is 14.9. The number of anilines is 1. The van der Waals surface area contributed by atoms with E-state index in [-0.39, 0.29) is 17.7 Å². The first-order chi connectivity index (χ1) is 11.9. The Hall–Kier alpha value is -2.21. The van der Waals surface area contributed by atoms with Crippen molar-refractivity contribution >= 4 is 39.1 Å². The number of carbonyl (C=O) groups is 2. The predicted octanol–water partition coefficient (Wildman–Crippen LogP) is 3.88. The molecule has 25 heavy (non-hydrogen) atoms. The summed E-state index contributed by atoms with van der Waals surface area (Å²) in [4.78, 5) is 28.9. The van der Waals surface area contributed by atoms with Crippen LogP contribution in [0.25, 0.3) is 10.2 Å². The molecule has 2 aliphatic carbocycles. The number of nitrogens with one attached hydrogen (secondary N) is 1. The van der Waals surface area contributed by atoms with Crippen LogP contribution in [-0.4, -0.2) is 22.0 Å². The van der Waals surface area contributed by atoms with Gasteiger partial charge in [0.05, 0.1) is 27.1 Å². The minimum atomic E-state index is -0.878. The molecule has 1 amide bonds. The van der Waals surface area contributed by atoms with Crippen molar-refractivity contribution in [2.24, 2.45) is 23.7 Å². The van der Waals surface area contributed by atoms with Crippen molar-refractivity contribution in [2.45, 2.75) is 26.2 Å². The van der Waals surface area contributed by atoms with Crippen LogP contribution in [0.4, 0.5) is 5.69 Å². The third kappa shape index (κ3) is 2.74. The van der Waals surface area contributed by atoms with E-state index in [1.807, 2.05) is 30.4 Å². The Morgan fingerprint density at radius 1 is 1.24 bits per heavy atom. The number of carbonyl (C=O) groups excluding carboxylic acids is 1. The zero-order chi connectivity index (χ0) is 17.7.